The van der Waals surface area contributed by atoms with Crippen molar-refractivity contribution in [1.82, 2.24) is 5.32 Å². The molecular formula is C20H20FNO5. The molecule has 1 unspecified atom stereocenters. The smallest absolute Gasteiger partial charge is 0.305 e. The van der Waals surface area contributed by atoms with Crippen LogP contribution in [0.25, 0.3) is 0 Å². The molecule has 1 aliphatic heterocycles. The van der Waals surface area contributed by atoms with Crippen LogP contribution in [0.2, 0.25) is 0 Å². The summed E-state index contributed by atoms with van der Waals surface area (Å²) >= 11 is 0. The lowest BCUT2D eigenvalue weighted by atomic mass is 9.93. The lowest BCUT2D eigenvalue weighted by molar-refractivity contribution is -0.138. The Balaban J connectivity index is 1.67. The Hall–Kier alpha value is -2.93. The van der Waals surface area contributed by atoms with Crippen LogP contribution in [-0.2, 0) is 16.1 Å². The highest BCUT2D eigenvalue weighted by atomic mass is 19.1. The van der Waals surface area contributed by atoms with Crippen LogP contribution >= 0.6 is 0 Å². The van der Waals surface area contributed by atoms with Gasteiger partial charge >= 0.3 is 5.97 Å². The zero-order valence-corrected chi connectivity index (χ0v) is 14.6. The van der Waals surface area contributed by atoms with Gasteiger partial charge in [-0.05, 0) is 36.2 Å². The van der Waals surface area contributed by atoms with Crippen LogP contribution < -0.4 is 10.1 Å². The van der Waals surface area contributed by atoms with Gasteiger partial charge in [0, 0.05) is 18.2 Å². The van der Waals surface area contributed by atoms with Crippen LogP contribution in [0.3, 0.4) is 0 Å². The molecule has 1 saturated heterocycles. The molecule has 0 spiro atoms. The van der Waals surface area contributed by atoms with Crippen LogP contribution in [-0.4, -0.2) is 35.7 Å². The molecule has 2 aromatic carbocycles. The van der Waals surface area contributed by atoms with Crippen molar-refractivity contribution in [3.63, 3.8) is 0 Å². The monoisotopic (exact) mass is 373 g/mol. The van der Waals surface area contributed by atoms with Crippen LogP contribution in [0, 0.1) is 5.82 Å². The van der Waals surface area contributed by atoms with E-state index in [1.807, 2.05) is 0 Å². The number of carbonyl (C=O) groups is 2. The number of benzene rings is 2. The highest BCUT2D eigenvalue weighted by Crippen LogP contribution is 2.23. The minimum absolute atomic E-state index is 0.174. The maximum Gasteiger partial charge on any atom is 0.305 e. The number of ether oxygens (including phenoxy) is 2. The molecule has 2 aromatic rings. The number of nitrogens with one attached hydrogen (secondary N) is 1. The van der Waals surface area contributed by atoms with Crippen molar-refractivity contribution in [3.8, 4) is 5.75 Å². The predicted molar refractivity (Wildman–Crippen MR) is 95.1 cm³/mol. The topological polar surface area (TPSA) is 84.9 Å². The van der Waals surface area contributed by atoms with Gasteiger partial charge in [0.25, 0.3) is 5.91 Å². The van der Waals surface area contributed by atoms with E-state index < -0.39 is 11.5 Å². The van der Waals surface area contributed by atoms with E-state index in [2.05, 4.69) is 5.32 Å². The van der Waals surface area contributed by atoms with Gasteiger partial charge in [-0.2, -0.15) is 0 Å². The summed E-state index contributed by atoms with van der Waals surface area (Å²) in [5.41, 5.74) is 0.241. The van der Waals surface area contributed by atoms with Gasteiger partial charge in [-0.25, -0.2) is 4.39 Å². The second-order valence-corrected chi connectivity index (χ2v) is 6.55. The first-order chi connectivity index (χ1) is 13.0. The third-order valence-electron chi connectivity index (χ3n) is 4.36. The van der Waals surface area contributed by atoms with Gasteiger partial charge in [0.05, 0.1) is 18.6 Å². The summed E-state index contributed by atoms with van der Waals surface area (Å²) < 4.78 is 24.0. The molecule has 1 amide bonds. The normalized spacial score (nSPS) is 18.9. The number of rotatable bonds is 7. The molecule has 6 nitrogen and oxygen atoms in total. The van der Waals surface area contributed by atoms with Gasteiger partial charge in [0.15, 0.2) is 0 Å². The third-order valence-corrected chi connectivity index (χ3v) is 4.36. The molecule has 1 atom stereocenters. The number of halogens is 1. The molecule has 142 valence electrons. The van der Waals surface area contributed by atoms with Crippen LogP contribution in [0.5, 0.6) is 5.75 Å². The molecule has 0 bridgehead atoms. The van der Waals surface area contributed by atoms with E-state index in [0.29, 0.717) is 24.3 Å². The molecule has 27 heavy (non-hydrogen) atoms. The molecule has 0 saturated carbocycles. The SMILES string of the molecule is O=C(O)CC1(NC(=O)c2cccc(COc3cccc(F)c3)c2)CCOC1. The molecule has 0 aromatic heterocycles. The minimum Gasteiger partial charge on any atom is -0.489 e. The first kappa shape index (κ1) is 18.8. The number of carbonyl (C=O) groups excluding carboxylic acids is 1. The zero-order valence-electron chi connectivity index (χ0n) is 14.6. The van der Waals surface area contributed by atoms with E-state index in [1.54, 1.807) is 36.4 Å². The van der Waals surface area contributed by atoms with E-state index in [-0.39, 0.29) is 31.4 Å². The summed E-state index contributed by atoms with van der Waals surface area (Å²) in [6, 6.07) is 12.6. The van der Waals surface area contributed by atoms with Crippen LogP contribution in [0.1, 0.15) is 28.8 Å². The molecule has 1 fully saturated rings. The highest BCUT2D eigenvalue weighted by Gasteiger charge is 2.38. The Bertz CT molecular complexity index is 833. The highest BCUT2D eigenvalue weighted by molar-refractivity contribution is 5.95. The van der Waals surface area contributed by atoms with Crippen molar-refractivity contribution in [1.29, 1.82) is 0 Å². The quantitative estimate of drug-likeness (QED) is 0.780. The van der Waals surface area contributed by atoms with Crippen molar-refractivity contribution in [3.05, 3.63) is 65.5 Å². The Morgan fingerprint density at radius 2 is 2.04 bits per heavy atom. The standard InChI is InChI=1S/C20H20FNO5/c21-16-5-2-6-17(10-16)27-12-14-3-1-4-15(9-14)19(25)22-20(11-18(23)24)7-8-26-13-20/h1-6,9-10H,7-8,11-13H2,(H,22,25)(H,23,24). The summed E-state index contributed by atoms with van der Waals surface area (Å²) in [6.07, 6.45) is 0.258. The molecule has 0 radical (unpaired) electrons. The number of hydrogen-bond acceptors (Lipinski definition) is 4. The van der Waals surface area contributed by atoms with Crippen LogP contribution in [0.4, 0.5) is 4.39 Å². The fourth-order valence-electron chi connectivity index (χ4n) is 3.02. The number of carboxylic acids is 1. The van der Waals surface area contributed by atoms with E-state index >= 15 is 0 Å². The van der Waals surface area contributed by atoms with E-state index in [1.165, 1.54) is 12.1 Å². The van der Waals surface area contributed by atoms with Crippen molar-refractivity contribution in [2.24, 2.45) is 0 Å². The number of carboxylic acid groups (broad SMARTS) is 1. The van der Waals surface area contributed by atoms with Crippen molar-refractivity contribution in [2.45, 2.75) is 25.0 Å². The van der Waals surface area contributed by atoms with Gasteiger partial charge in [0.2, 0.25) is 0 Å². The first-order valence-corrected chi connectivity index (χ1v) is 8.55. The molecule has 1 heterocycles. The molecule has 7 heteroatoms. The lowest BCUT2D eigenvalue weighted by Crippen LogP contribution is -2.50. The Morgan fingerprint density at radius 3 is 2.74 bits per heavy atom. The van der Waals surface area contributed by atoms with Gasteiger partial charge in [-0.1, -0.05) is 18.2 Å². The van der Waals surface area contributed by atoms with Gasteiger partial charge in [0.1, 0.15) is 18.2 Å². The number of aliphatic carboxylic acids is 1. The Morgan fingerprint density at radius 1 is 1.22 bits per heavy atom. The van der Waals surface area contributed by atoms with Gasteiger partial charge in [-0.3, -0.25) is 9.59 Å². The number of amides is 1. The fraction of sp³-hybridized carbons (Fsp3) is 0.300. The average molecular weight is 373 g/mol. The summed E-state index contributed by atoms with van der Waals surface area (Å²) in [7, 11) is 0. The van der Waals surface area contributed by atoms with Crippen molar-refractivity contribution >= 4 is 11.9 Å². The van der Waals surface area contributed by atoms with Crippen molar-refractivity contribution < 1.29 is 28.6 Å². The van der Waals surface area contributed by atoms with Crippen LogP contribution in [0.15, 0.2) is 48.5 Å². The van der Waals surface area contributed by atoms with E-state index in [9.17, 15) is 14.0 Å². The first-order valence-electron chi connectivity index (χ1n) is 8.55. The summed E-state index contributed by atoms with van der Waals surface area (Å²) in [6.45, 7) is 0.760. The second kappa shape index (κ2) is 8.18. The fourth-order valence-corrected chi connectivity index (χ4v) is 3.02. The molecule has 3 rings (SSSR count). The number of hydrogen-bond donors (Lipinski definition) is 2. The summed E-state index contributed by atoms with van der Waals surface area (Å²) in [4.78, 5) is 23.7. The zero-order chi connectivity index (χ0) is 19.3. The minimum atomic E-state index is -0.988. The average Bonchev–Trinajstić information content (AvgIpc) is 3.07. The molecular weight excluding hydrogens is 353 g/mol. The Labute approximate surface area is 155 Å². The summed E-state index contributed by atoms with van der Waals surface area (Å²) in [5.74, 6) is -1.34. The Kier molecular flexibility index (Phi) is 5.71. The third kappa shape index (κ3) is 5.04. The van der Waals surface area contributed by atoms with Gasteiger partial charge < -0.3 is 19.9 Å². The largest absolute Gasteiger partial charge is 0.489 e. The maximum atomic E-state index is 13.2. The van der Waals surface area contributed by atoms with Gasteiger partial charge in [-0.15, -0.1) is 0 Å². The second-order valence-electron chi connectivity index (χ2n) is 6.55. The summed E-state index contributed by atoms with van der Waals surface area (Å²) in [5, 5.41) is 11.9. The van der Waals surface area contributed by atoms with E-state index in [4.69, 9.17) is 14.6 Å². The molecule has 1 aliphatic rings. The van der Waals surface area contributed by atoms with Crippen molar-refractivity contribution in [2.75, 3.05) is 13.2 Å². The lowest BCUT2D eigenvalue weighted by Gasteiger charge is -2.27. The predicted octanol–water partition coefficient (Wildman–Crippen LogP) is 2.77. The maximum absolute atomic E-state index is 13.2. The van der Waals surface area contributed by atoms with E-state index in [0.717, 1.165) is 5.56 Å². The molecule has 2 N–H and O–H groups in total. The molecule has 0 aliphatic carbocycles.